The Morgan fingerprint density at radius 1 is 1.25 bits per heavy atom. The van der Waals surface area contributed by atoms with Gasteiger partial charge in [-0.1, -0.05) is 34.1 Å². The van der Waals surface area contributed by atoms with Crippen molar-refractivity contribution in [2.45, 2.75) is 24.7 Å². The summed E-state index contributed by atoms with van der Waals surface area (Å²) in [6.45, 7) is 5.57. The molecule has 5 heteroatoms. The van der Waals surface area contributed by atoms with E-state index < -0.39 is 0 Å². The van der Waals surface area contributed by atoms with Gasteiger partial charge in [-0.2, -0.15) is 0 Å². The van der Waals surface area contributed by atoms with Crippen LogP contribution in [-0.2, 0) is 4.79 Å². The van der Waals surface area contributed by atoms with E-state index in [-0.39, 0.29) is 22.7 Å². The second-order valence-corrected chi connectivity index (χ2v) is 6.49. The summed E-state index contributed by atoms with van der Waals surface area (Å²) in [6.07, 6.45) is 0. The van der Waals surface area contributed by atoms with E-state index >= 15 is 0 Å². The topological polar surface area (TPSA) is 40.6 Å². The van der Waals surface area contributed by atoms with Gasteiger partial charge in [-0.3, -0.25) is 9.59 Å². The molecule has 1 aliphatic heterocycles. The van der Waals surface area contributed by atoms with Gasteiger partial charge in [-0.05, 0) is 26.0 Å². The van der Waals surface area contributed by atoms with Gasteiger partial charge < -0.3 is 9.80 Å². The quantitative estimate of drug-likeness (QED) is 0.775. The Balaban J connectivity index is 2.02. The number of hydrogen-bond donors (Lipinski definition) is 0. The van der Waals surface area contributed by atoms with E-state index in [1.54, 1.807) is 0 Å². The van der Waals surface area contributed by atoms with Crippen molar-refractivity contribution in [3.05, 3.63) is 35.9 Å². The summed E-state index contributed by atoms with van der Waals surface area (Å²) in [5.41, 5.74) is 0.702. The maximum atomic E-state index is 12.4. The maximum Gasteiger partial charge on any atom is 0.253 e. The number of carbonyl (C=O) groups is 2. The third kappa shape index (κ3) is 3.20. The normalized spacial score (nSPS) is 20.6. The maximum absolute atomic E-state index is 12.4. The number of rotatable bonds is 2. The van der Waals surface area contributed by atoms with E-state index in [1.807, 2.05) is 54.0 Å². The molecule has 108 valence electrons. The SMILES string of the molecule is CC(Br)C(=O)N1CCN(C(=O)c2ccccc2)CC1C. The molecule has 2 rings (SSSR count). The minimum absolute atomic E-state index is 0.0384. The van der Waals surface area contributed by atoms with E-state index in [0.29, 0.717) is 25.2 Å². The molecule has 0 N–H and O–H groups in total. The molecule has 1 aliphatic rings. The van der Waals surface area contributed by atoms with E-state index in [9.17, 15) is 9.59 Å². The highest BCUT2D eigenvalue weighted by Crippen LogP contribution is 2.16. The average molecular weight is 339 g/mol. The Morgan fingerprint density at radius 2 is 1.90 bits per heavy atom. The molecule has 1 aromatic carbocycles. The lowest BCUT2D eigenvalue weighted by Gasteiger charge is -2.40. The van der Waals surface area contributed by atoms with Crippen molar-refractivity contribution in [3.8, 4) is 0 Å². The van der Waals surface area contributed by atoms with Crippen LogP contribution in [0.1, 0.15) is 24.2 Å². The zero-order chi connectivity index (χ0) is 14.7. The van der Waals surface area contributed by atoms with Crippen LogP contribution in [-0.4, -0.2) is 52.1 Å². The molecule has 0 spiro atoms. The van der Waals surface area contributed by atoms with E-state index in [4.69, 9.17) is 0 Å². The molecule has 0 bridgehead atoms. The minimum atomic E-state index is -0.179. The minimum Gasteiger partial charge on any atom is -0.335 e. The first-order valence-corrected chi connectivity index (χ1v) is 7.71. The van der Waals surface area contributed by atoms with Crippen LogP contribution in [0.5, 0.6) is 0 Å². The number of hydrogen-bond acceptors (Lipinski definition) is 2. The standard InChI is InChI=1S/C15H19BrN2O2/c1-11-10-17(8-9-18(11)14(19)12(2)16)15(20)13-6-4-3-5-7-13/h3-7,11-12H,8-10H2,1-2H3. The van der Waals surface area contributed by atoms with Gasteiger partial charge in [0.15, 0.2) is 0 Å². The number of benzene rings is 1. The lowest BCUT2D eigenvalue weighted by Crippen LogP contribution is -2.56. The van der Waals surface area contributed by atoms with Crippen molar-refractivity contribution in [1.82, 2.24) is 9.80 Å². The van der Waals surface area contributed by atoms with Gasteiger partial charge in [0.1, 0.15) is 0 Å². The molecule has 0 saturated carbocycles. The van der Waals surface area contributed by atoms with Crippen LogP contribution in [0.2, 0.25) is 0 Å². The van der Waals surface area contributed by atoms with Crippen LogP contribution < -0.4 is 0 Å². The molecule has 1 saturated heterocycles. The Kier molecular flexibility index (Phi) is 4.81. The Hall–Kier alpha value is -1.36. The van der Waals surface area contributed by atoms with Crippen molar-refractivity contribution < 1.29 is 9.59 Å². The molecular weight excluding hydrogens is 320 g/mol. The highest BCUT2D eigenvalue weighted by molar-refractivity contribution is 9.10. The van der Waals surface area contributed by atoms with Gasteiger partial charge in [-0.15, -0.1) is 0 Å². The van der Waals surface area contributed by atoms with Gasteiger partial charge in [-0.25, -0.2) is 0 Å². The van der Waals surface area contributed by atoms with Crippen molar-refractivity contribution in [2.24, 2.45) is 0 Å². The molecule has 0 aromatic heterocycles. The molecular formula is C15H19BrN2O2. The third-order valence-electron chi connectivity index (χ3n) is 3.56. The van der Waals surface area contributed by atoms with Crippen molar-refractivity contribution in [3.63, 3.8) is 0 Å². The number of amides is 2. The Labute approximate surface area is 127 Å². The summed E-state index contributed by atoms with van der Waals surface area (Å²) in [7, 11) is 0. The molecule has 20 heavy (non-hydrogen) atoms. The first kappa shape index (κ1) is 15.0. The molecule has 0 aliphatic carbocycles. The summed E-state index contributed by atoms with van der Waals surface area (Å²) < 4.78 is 0. The van der Waals surface area contributed by atoms with Crippen LogP contribution >= 0.6 is 15.9 Å². The molecule has 1 aromatic rings. The third-order valence-corrected chi connectivity index (χ3v) is 3.95. The zero-order valence-electron chi connectivity index (χ0n) is 11.8. The van der Waals surface area contributed by atoms with Crippen LogP contribution in [0.4, 0.5) is 0 Å². The second kappa shape index (κ2) is 6.39. The lowest BCUT2D eigenvalue weighted by molar-refractivity contribution is -0.134. The van der Waals surface area contributed by atoms with Crippen LogP contribution in [0.25, 0.3) is 0 Å². The summed E-state index contributed by atoms with van der Waals surface area (Å²) >= 11 is 3.31. The molecule has 1 heterocycles. The predicted octanol–water partition coefficient (Wildman–Crippen LogP) is 2.14. The first-order chi connectivity index (χ1) is 9.50. The summed E-state index contributed by atoms with van der Waals surface area (Å²) in [5.74, 6) is 0.126. The fraction of sp³-hybridized carbons (Fsp3) is 0.467. The van der Waals surface area contributed by atoms with Crippen molar-refractivity contribution >= 4 is 27.7 Å². The predicted molar refractivity (Wildman–Crippen MR) is 81.9 cm³/mol. The van der Waals surface area contributed by atoms with Crippen molar-refractivity contribution in [1.29, 1.82) is 0 Å². The fourth-order valence-corrected chi connectivity index (χ4v) is 2.72. The summed E-state index contributed by atoms with van der Waals surface area (Å²) in [4.78, 5) is 27.9. The summed E-state index contributed by atoms with van der Waals surface area (Å²) in [6, 6.07) is 9.32. The zero-order valence-corrected chi connectivity index (χ0v) is 13.3. The molecule has 2 unspecified atom stereocenters. The number of carbonyl (C=O) groups excluding carboxylic acids is 2. The summed E-state index contributed by atoms with van der Waals surface area (Å²) in [5, 5.41) is 0. The Morgan fingerprint density at radius 3 is 2.45 bits per heavy atom. The number of halogens is 1. The fourth-order valence-electron chi connectivity index (χ4n) is 2.46. The van der Waals surface area contributed by atoms with Gasteiger partial charge in [0.25, 0.3) is 5.91 Å². The largest absolute Gasteiger partial charge is 0.335 e. The average Bonchev–Trinajstić information content (AvgIpc) is 2.46. The Bertz CT molecular complexity index is 490. The van der Waals surface area contributed by atoms with E-state index in [0.717, 1.165) is 0 Å². The molecule has 1 fully saturated rings. The monoisotopic (exact) mass is 338 g/mol. The molecule has 2 atom stereocenters. The van der Waals surface area contributed by atoms with Crippen LogP contribution in [0, 0.1) is 0 Å². The number of alkyl halides is 1. The smallest absolute Gasteiger partial charge is 0.253 e. The first-order valence-electron chi connectivity index (χ1n) is 6.79. The second-order valence-electron chi connectivity index (χ2n) is 5.11. The van der Waals surface area contributed by atoms with Gasteiger partial charge >= 0.3 is 0 Å². The number of piperazine rings is 1. The van der Waals surface area contributed by atoms with Crippen LogP contribution in [0.15, 0.2) is 30.3 Å². The van der Waals surface area contributed by atoms with Gasteiger partial charge in [0.2, 0.25) is 5.91 Å². The molecule has 2 amide bonds. The number of nitrogens with zero attached hydrogens (tertiary/aromatic N) is 2. The van der Waals surface area contributed by atoms with Gasteiger partial charge in [0.05, 0.1) is 4.83 Å². The lowest BCUT2D eigenvalue weighted by atomic mass is 10.1. The van der Waals surface area contributed by atoms with Crippen LogP contribution in [0.3, 0.4) is 0 Å². The van der Waals surface area contributed by atoms with E-state index in [1.165, 1.54) is 0 Å². The van der Waals surface area contributed by atoms with Crippen molar-refractivity contribution in [2.75, 3.05) is 19.6 Å². The van der Waals surface area contributed by atoms with Gasteiger partial charge in [0, 0.05) is 31.2 Å². The molecule has 0 radical (unpaired) electrons. The van der Waals surface area contributed by atoms with E-state index in [2.05, 4.69) is 15.9 Å². The highest BCUT2D eigenvalue weighted by Gasteiger charge is 2.31. The molecule has 4 nitrogen and oxygen atoms in total. The highest BCUT2D eigenvalue weighted by atomic mass is 79.9.